The van der Waals surface area contributed by atoms with Gasteiger partial charge in [0.25, 0.3) is 5.91 Å². The summed E-state index contributed by atoms with van der Waals surface area (Å²) >= 11 is 0. The summed E-state index contributed by atoms with van der Waals surface area (Å²) in [5.41, 5.74) is -0.951. The number of fused-ring (bicyclic) bond motifs is 1. The first-order chi connectivity index (χ1) is 7.02. The molecule has 0 radical (unpaired) electrons. The quantitative estimate of drug-likeness (QED) is 0.409. The fourth-order valence-corrected chi connectivity index (χ4v) is 1.43. The number of Topliss-reactive ketones (excluding diaryl/α,β-unsaturated/α-hetero) is 1. The third-order valence-corrected chi connectivity index (χ3v) is 2.05. The van der Waals surface area contributed by atoms with Crippen molar-refractivity contribution in [3.8, 4) is 0 Å². The molecule has 15 heavy (non-hydrogen) atoms. The Morgan fingerprint density at radius 2 is 2.33 bits per heavy atom. The minimum Gasteiger partial charge on any atom is -0.331 e. The van der Waals surface area contributed by atoms with Crippen LogP contribution in [0.1, 0.15) is 27.9 Å². The Hall–Kier alpha value is -2.25. The van der Waals surface area contributed by atoms with Gasteiger partial charge >= 0.3 is 5.69 Å². The molecule has 0 aliphatic carbocycles. The topological polar surface area (TPSA) is 107 Å². The van der Waals surface area contributed by atoms with Crippen molar-refractivity contribution in [2.75, 3.05) is 0 Å². The predicted molar refractivity (Wildman–Crippen MR) is 46.4 cm³/mol. The molecule has 78 valence electrons. The monoisotopic (exact) mass is 210 g/mol. The number of rotatable bonds is 2. The highest BCUT2D eigenvalue weighted by Crippen LogP contribution is 2.25. The average molecular weight is 210 g/mol. The van der Waals surface area contributed by atoms with E-state index in [4.69, 9.17) is 0 Å². The van der Waals surface area contributed by atoms with Crippen molar-refractivity contribution in [2.45, 2.75) is 13.6 Å². The molecule has 0 aromatic carbocycles. The van der Waals surface area contributed by atoms with Gasteiger partial charge < -0.3 is 5.32 Å². The van der Waals surface area contributed by atoms with Gasteiger partial charge in [0.05, 0.1) is 4.92 Å². The maximum Gasteiger partial charge on any atom is 0.331 e. The van der Waals surface area contributed by atoms with E-state index in [1.807, 2.05) is 0 Å². The summed E-state index contributed by atoms with van der Waals surface area (Å²) in [6.45, 7) is 1.23. The Morgan fingerprint density at radius 1 is 1.67 bits per heavy atom. The number of aromatic nitrogens is 2. The van der Waals surface area contributed by atoms with Crippen LogP contribution in [0.5, 0.6) is 0 Å². The van der Waals surface area contributed by atoms with Crippen LogP contribution in [0.3, 0.4) is 0 Å². The van der Waals surface area contributed by atoms with E-state index in [9.17, 15) is 19.7 Å². The van der Waals surface area contributed by atoms with Gasteiger partial charge in [0.15, 0.2) is 5.78 Å². The van der Waals surface area contributed by atoms with Crippen LogP contribution >= 0.6 is 0 Å². The summed E-state index contributed by atoms with van der Waals surface area (Å²) in [7, 11) is 0. The van der Waals surface area contributed by atoms with Crippen LogP contribution in [-0.2, 0) is 6.67 Å². The summed E-state index contributed by atoms with van der Waals surface area (Å²) < 4.78 is 1.12. The Bertz CT molecular complexity index is 489. The molecule has 1 aliphatic rings. The first-order valence-electron chi connectivity index (χ1n) is 4.06. The minimum absolute atomic E-state index is 0.0578. The number of hydrogen-bond donors (Lipinski definition) is 1. The molecule has 1 aromatic rings. The van der Waals surface area contributed by atoms with Crippen molar-refractivity contribution in [3.05, 3.63) is 21.5 Å². The van der Waals surface area contributed by atoms with Gasteiger partial charge in [-0.25, -0.2) is 4.68 Å². The second-order valence-corrected chi connectivity index (χ2v) is 3.02. The predicted octanol–water partition coefficient (Wildman–Crippen LogP) is -0.305. The number of nitro groups is 1. The molecule has 0 spiro atoms. The zero-order valence-electron chi connectivity index (χ0n) is 7.68. The maximum absolute atomic E-state index is 11.2. The van der Waals surface area contributed by atoms with Crippen molar-refractivity contribution >= 4 is 17.4 Å². The van der Waals surface area contributed by atoms with E-state index in [2.05, 4.69) is 10.4 Å². The molecule has 2 heterocycles. The van der Waals surface area contributed by atoms with Crippen molar-refractivity contribution in [2.24, 2.45) is 0 Å². The number of hydrogen-bond acceptors (Lipinski definition) is 5. The van der Waals surface area contributed by atoms with Crippen LogP contribution in [-0.4, -0.2) is 26.4 Å². The first-order valence-corrected chi connectivity index (χ1v) is 4.06. The highest BCUT2D eigenvalue weighted by molar-refractivity contribution is 6.04. The zero-order valence-corrected chi connectivity index (χ0v) is 7.68. The SMILES string of the molecule is CC(=O)c1nn2c(c1[N+](=O)[O-])C(=O)NC2. The van der Waals surface area contributed by atoms with E-state index < -0.39 is 22.3 Å². The molecule has 2 rings (SSSR count). The van der Waals surface area contributed by atoms with Gasteiger partial charge in [-0.15, -0.1) is 0 Å². The molecule has 8 heteroatoms. The Kier molecular flexibility index (Phi) is 1.78. The molecule has 1 N–H and O–H groups in total. The highest BCUT2D eigenvalue weighted by atomic mass is 16.6. The fraction of sp³-hybridized carbons (Fsp3) is 0.286. The zero-order chi connectivity index (χ0) is 11.2. The lowest BCUT2D eigenvalue weighted by Gasteiger charge is -1.92. The maximum atomic E-state index is 11.2. The van der Waals surface area contributed by atoms with Crippen LogP contribution in [0.4, 0.5) is 5.69 Å². The molecule has 1 amide bonds. The number of nitrogens with zero attached hydrogens (tertiary/aromatic N) is 3. The van der Waals surface area contributed by atoms with E-state index >= 15 is 0 Å². The molecular weight excluding hydrogens is 204 g/mol. The summed E-state index contributed by atoms with van der Waals surface area (Å²) in [5.74, 6) is -1.11. The normalized spacial score (nSPS) is 13.5. The third-order valence-electron chi connectivity index (χ3n) is 2.05. The van der Waals surface area contributed by atoms with Crippen LogP contribution in [0.15, 0.2) is 0 Å². The van der Waals surface area contributed by atoms with Gasteiger partial charge in [-0.1, -0.05) is 0 Å². The lowest BCUT2D eigenvalue weighted by atomic mass is 10.2. The molecule has 0 unspecified atom stereocenters. The molecule has 0 fully saturated rings. The van der Waals surface area contributed by atoms with E-state index in [0.717, 1.165) is 4.68 Å². The summed E-state index contributed by atoms with van der Waals surface area (Å²) in [4.78, 5) is 32.3. The minimum atomic E-state index is -0.763. The van der Waals surface area contributed by atoms with Crippen LogP contribution in [0, 0.1) is 10.1 Å². The second-order valence-electron chi connectivity index (χ2n) is 3.02. The third kappa shape index (κ3) is 1.18. The standard InChI is InChI=1S/C7H6N4O4/c1-3(12)4-5(11(14)15)6-7(13)8-2-10(6)9-4/h2H2,1H3,(H,8,13). The number of ketones is 1. The highest BCUT2D eigenvalue weighted by Gasteiger charge is 2.37. The summed E-state index contributed by atoms with van der Waals surface area (Å²) in [6.07, 6.45) is 0. The van der Waals surface area contributed by atoms with E-state index in [-0.39, 0.29) is 18.1 Å². The van der Waals surface area contributed by atoms with Crippen LogP contribution in [0.25, 0.3) is 0 Å². The molecule has 0 saturated carbocycles. The first kappa shape index (κ1) is 9.31. The lowest BCUT2D eigenvalue weighted by molar-refractivity contribution is -0.385. The molecule has 0 bridgehead atoms. The lowest BCUT2D eigenvalue weighted by Crippen LogP contribution is -2.16. The van der Waals surface area contributed by atoms with Crippen molar-refractivity contribution < 1.29 is 14.5 Å². The van der Waals surface area contributed by atoms with E-state index in [0.29, 0.717) is 0 Å². The van der Waals surface area contributed by atoms with Gasteiger partial charge in [-0.2, -0.15) is 5.10 Å². The second kappa shape index (κ2) is 2.87. The van der Waals surface area contributed by atoms with Crippen molar-refractivity contribution in [1.82, 2.24) is 15.1 Å². The fourth-order valence-electron chi connectivity index (χ4n) is 1.43. The van der Waals surface area contributed by atoms with Gasteiger partial charge in [0.1, 0.15) is 6.67 Å². The summed E-state index contributed by atoms with van der Waals surface area (Å²) in [6, 6.07) is 0. The molecule has 1 aromatic heterocycles. The van der Waals surface area contributed by atoms with Crippen LogP contribution < -0.4 is 5.32 Å². The Balaban J connectivity index is 2.71. The molecule has 1 aliphatic heterocycles. The van der Waals surface area contributed by atoms with Gasteiger partial charge in [0.2, 0.25) is 11.4 Å². The largest absolute Gasteiger partial charge is 0.331 e. The van der Waals surface area contributed by atoms with Crippen molar-refractivity contribution in [3.63, 3.8) is 0 Å². The Morgan fingerprint density at radius 3 is 2.87 bits per heavy atom. The van der Waals surface area contributed by atoms with Crippen molar-refractivity contribution in [1.29, 1.82) is 0 Å². The molecular formula is C7H6N4O4. The van der Waals surface area contributed by atoms with Gasteiger partial charge in [-0.3, -0.25) is 19.7 Å². The number of nitrogens with one attached hydrogen (secondary N) is 1. The molecule has 0 atom stereocenters. The van der Waals surface area contributed by atoms with E-state index in [1.54, 1.807) is 0 Å². The molecule has 8 nitrogen and oxygen atoms in total. The number of carbonyl (C=O) groups is 2. The number of carbonyl (C=O) groups excluding carboxylic acids is 2. The molecule has 0 saturated heterocycles. The van der Waals surface area contributed by atoms with Gasteiger partial charge in [-0.05, 0) is 0 Å². The van der Waals surface area contributed by atoms with Crippen LogP contribution in [0.2, 0.25) is 0 Å². The summed E-state index contributed by atoms with van der Waals surface area (Å²) in [5, 5.41) is 16.8. The number of amides is 1. The average Bonchev–Trinajstić information content (AvgIpc) is 2.65. The smallest absolute Gasteiger partial charge is 0.331 e. The van der Waals surface area contributed by atoms with Gasteiger partial charge in [0, 0.05) is 6.92 Å². The van der Waals surface area contributed by atoms with E-state index in [1.165, 1.54) is 6.92 Å². The Labute approximate surface area is 83.0 Å².